The van der Waals surface area contributed by atoms with Crippen molar-refractivity contribution in [1.29, 1.82) is 0 Å². The molecule has 4 heteroatoms. The zero-order valence-electron chi connectivity index (χ0n) is 11.8. The van der Waals surface area contributed by atoms with Gasteiger partial charge in [0, 0.05) is 0 Å². The van der Waals surface area contributed by atoms with Gasteiger partial charge in [-0.3, -0.25) is 0 Å². The topological polar surface area (TPSA) is 35.5 Å². The van der Waals surface area contributed by atoms with Crippen molar-refractivity contribution in [2.75, 3.05) is 6.61 Å². The van der Waals surface area contributed by atoms with E-state index in [4.69, 9.17) is 21.1 Å². The number of hydrogen-bond acceptors (Lipinski definition) is 3. The number of hydrogen-bond donors (Lipinski definition) is 0. The standard InChI is InChI=1S/C17H17ClO3/c1-2-5-13-8-10-14(11-9-13)20-12-17(19)21-16-7-4-3-6-15(16)18/h3-4,6-11H,2,5,12H2,1H3. The smallest absolute Gasteiger partial charge is 0.349 e. The van der Waals surface area contributed by atoms with E-state index >= 15 is 0 Å². The highest BCUT2D eigenvalue weighted by Gasteiger charge is 2.08. The van der Waals surface area contributed by atoms with Crippen molar-refractivity contribution in [3.05, 3.63) is 59.1 Å². The third-order valence-corrected chi connectivity index (χ3v) is 3.19. The van der Waals surface area contributed by atoms with Gasteiger partial charge in [0.05, 0.1) is 5.02 Å². The zero-order chi connectivity index (χ0) is 15.1. The van der Waals surface area contributed by atoms with Crippen LogP contribution in [0.1, 0.15) is 18.9 Å². The van der Waals surface area contributed by atoms with Gasteiger partial charge in [0.15, 0.2) is 6.61 Å². The second-order valence-corrected chi connectivity index (χ2v) is 4.99. The van der Waals surface area contributed by atoms with E-state index < -0.39 is 5.97 Å². The molecule has 0 saturated heterocycles. The summed E-state index contributed by atoms with van der Waals surface area (Å²) in [6.07, 6.45) is 2.14. The lowest BCUT2D eigenvalue weighted by Gasteiger charge is -2.08. The minimum atomic E-state index is -0.485. The maximum absolute atomic E-state index is 11.7. The number of halogens is 1. The molecule has 0 bridgehead atoms. The Morgan fingerprint density at radius 2 is 1.81 bits per heavy atom. The van der Waals surface area contributed by atoms with Crippen LogP contribution in [0.4, 0.5) is 0 Å². The fraction of sp³-hybridized carbons (Fsp3) is 0.235. The molecule has 0 heterocycles. The van der Waals surface area contributed by atoms with Crippen molar-refractivity contribution < 1.29 is 14.3 Å². The first-order valence-corrected chi connectivity index (χ1v) is 7.24. The molecule has 0 saturated carbocycles. The molecule has 2 rings (SSSR count). The number of carbonyl (C=O) groups excluding carboxylic acids is 1. The number of ether oxygens (including phenoxy) is 2. The number of aryl methyl sites for hydroxylation is 1. The third-order valence-electron chi connectivity index (χ3n) is 2.88. The number of para-hydroxylation sites is 1. The molecule has 0 aliphatic heterocycles. The van der Waals surface area contributed by atoms with Crippen molar-refractivity contribution in [2.24, 2.45) is 0 Å². The van der Waals surface area contributed by atoms with Crippen LogP contribution < -0.4 is 9.47 Å². The molecule has 110 valence electrons. The van der Waals surface area contributed by atoms with Gasteiger partial charge >= 0.3 is 5.97 Å². The average Bonchev–Trinajstić information content (AvgIpc) is 2.49. The summed E-state index contributed by atoms with van der Waals surface area (Å²) < 4.78 is 10.5. The van der Waals surface area contributed by atoms with Crippen LogP contribution in [-0.2, 0) is 11.2 Å². The van der Waals surface area contributed by atoms with E-state index in [1.54, 1.807) is 24.3 Å². The summed E-state index contributed by atoms with van der Waals surface area (Å²) >= 11 is 5.91. The lowest BCUT2D eigenvalue weighted by molar-refractivity contribution is -0.136. The van der Waals surface area contributed by atoms with Crippen LogP contribution in [0.25, 0.3) is 0 Å². The fourth-order valence-corrected chi connectivity index (χ4v) is 2.04. The third kappa shape index (κ3) is 4.80. The van der Waals surface area contributed by atoms with Gasteiger partial charge in [-0.05, 0) is 36.2 Å². The summed E-state index contributed by atoms with van der Waals surface area (Å²) in [6.45, 7) is 1.98. The van der Waals surface area contributed by atoms with Crippen LogP contribution in [0.15, 0.2) is 48.5 Å². The van der Waals surface area contributed by atoms with E-state index in [0.29, 0.717) is 16.5 Å². The van der Waals surface area contributed by atoms with Gasteiger partial charge in [-0.2, -0.15) is 0 Å². The Morgan fingerprint density at radius 1 is 1.10 bits per heavy atom. The first-order chi connectivity index (χ1) is 10.2. The predicted molar refractivity (Wildman–Crippen MR) is 83.0 cm³/mol. The lowest BCUT2D eigenvalue weighted by Crippen LogP contribution is -2.17. The summed E-state index contributed by atoms with van der Waals surface area (Å²) in [5.41, 5.74) is 1.25. The molecular weight excluding hydrogens is 288 g/mol. The highest BCUT2D eigenvalue weighted by molar-refractivity contribution is 6.32. The summed E-state index contributed by atoms with van der Waals surface area (Å²) in [4.78, 5) is 11.7. The number of benzene rings is 2. The summed E-state index contributed by atoms with van der Waals surface area (Å²) in [7, 11) is 0. The van der Waals surface area contributed by atoms with E-state index in [0.717, 1.165) is 12.8 Å². The molecule has 0 aliphatic rings. The van der Waals surface area contributed by atoms with Gasteiger partial charge in [0.1, 0.15) is 11.5 Å². The minimum absolute atomic E-state index is 0.154. The molecule has 0 radical (unpaired) electrons. The molecule has 2 aromatic carbocycles. The van der Waals surface area contributed by atoms with Gasteiger partial charge in [-0.25, -0.2) is 4.79 Å². The minimum Gasteiger partial charge on any atom is -0.482 e. The van der Waals surface area contributed by atoms with Crippen LogP contribution >= 0.6 is 11.6 Å². The van der Waals surface area contributed by atoms with E-state index in [-0.39, 0.29) is 6.61 Å². The quantitative estimate of drug-likeness (QED) is 0.590. The van der Waals surface area contributed by atoms with Crippen LogP contribution in [0.2, 0.25) is 5.02 Å². The molecule has 0 spiro atoms. The molecule has 0 N–H and O–H groups in total. The highest BCUT2D eigenvalue weighted by Crippen LogP contribution is 2.23. The van der Waals surface area contributed by atoms with Gasteiger partial charge in [0.2, 0.25) is 0 Å². The number of rotatable bonds is 6. The van der Waals surface area contributed by atoms with E-state index in [1.165, 1.54) is 5.56 Å². The Kier molecular flexibility index (Phi) is 5.64. The van der Waals surface area contributed by atoms with Crippen molar-refractivity contribution >= 4 is 17.6 Å². The van der Waals surface area contributed by atoms with Crippen molar-refractivity contribution in [2.45, 2.75) is 19.8 Å². The highest BCUT2D eigenvalue weighted by atomic mass is 35.5. The van der Waals surface area contributed by atoms with Gasteiger partial charge in [0.25, 0.3) is 0 Å². The summed E-state index contributed by atoms with van der Waals surface area (Å²) in [5.74, 6) is 0.498. The average molecular weight is 305 g/mol. The molecule has 0 unspecified atom stereocenters. The largest absolute Gasteiger partial charge is 0.482 e. The number of esters is 1. The van der Waals surface area contributed by atoms with Crippen LogP contribution in [0.3, 0.4) is 0 Å². The van der Waals surface area contributed by atoms with Crippen LogP contribution in [0.5, 0.6) is 11.5 Å². The summed E-state index contributed by atoms with van der Waals surface area (Å²) in [6, 6.07) is 14.5. The molecule has 0 fully saturated rings. The summed E-state index contributed by atoms with van der Waals surface area (Å²) in [5, 5.41) is 0.398. The Balaban J connectivity index is 1.85. The SMILES string of the molecule is CCCc1ccc(OCC(=O)Oc2ccccc2Cl)cc1. The molecule has 3 nitrogen and oxygen atoms in total. The maximum atomic E-state index is 11.7. The monoisotopic (exact) mass is 304 g/mol. The van der Waals surface area contributed by atoms with E-state index in [9.17, 15) is 4.79 Å². The molecule has 21 heavy (non-hydrogen) atoms. The first-order valence-electron chi connectivity index (χ1n) is 6.86. The predicted octanol–water partition coefficient (Wildman–Crippen LogP) is 4.28. The molecule has 0 amide bonds. The number of carbonyl (C=O) groups is 1. The Labute approximate surface area is 129 Å². The zero-order valence-corrected chi connectivity index (χ0v) is 12.6. The Hall–Kier alpha value is -2.00. The van der Waals surface area contributed by atoms with Crippen LogP contribution in [0, 0.1) is 0 Å². The fourth-order valence-electron chi connectivity index (χ4n) is 1.86. The molecule has 2 aromatic rings. The lowest BCUT2D eigenvalue weighted by atomic mass is 10.1. The second kappa shape index (κ2) is 7.70. The normalized spacial score (nSPS) is 10.2. The Morgan fingerprint density at radius 3 is 2.48 bits per heavy atom. The first kappa shape index (κ1) is 15.4. The Bertz CT molecular complexity index is 593. The van der Waals surface area contributed by atoms with Crippen LogP contribution in [-0.4, -0.2) is 12.6 Å². The van der Waals surface area contributed by atoms with Gasteiger partial charge < -0.3 is 9.47 Å². The molecule has 0 atom stereocenters. The maximum Gasteiger partial charge on any atom is 0.349 e. The van der Waals surface area contributed by atoms with E-state index in [1.807, 2.05) is 24.3 Å². The van der Waals surface area contributed by atoms with E-state index in [2.05, 4.69) is 6.92 Å². The molecule has 0 aliphatic carbocycles. The van der Waals surface area contributed by atoms with Crippen molar-refractivity contribution in [3.63, 3.8) is 0 Å². The molecular formula is C17H17ClO3. The van der Waals surface area contributed by atoms with Crippen molar-refractivity contribution in [3.8, 4) is 11.5 Å². The van der Waals surface area contributed by atoms with Gasteiger partial charge in [-0.15, -0.1) is 0 Å². The molecule has 0 aromatic heterocycles. The van der Waals surface area contributed by atoms with Crippen molar-refractivity contribution in [1.82, 2.24) is 0 Å². The van der Waals surface area contributed by atoms with Gasteiger partial charge in [-0.1, -0.05) is 49.2 Å². The second-order valence-electron chi connectivity index (χ2n) is 4.59.